The smallest absolute Gasteiger partial charge is 0.387 e. The molecule has 0 saturated carbocycles. The van der Waals surface area contributed by atoms with Crippen molar-refractivity contribution in [1.29, 1.82) is 0 Å². The predicted octanol–water partition coefficient (Wildman–Crippen LogP) is 4.57. The normalized spacial score (nSPS) is 11.7. The van der Waals surface area contributed by atoms with Crippen molar-refractivity contribution in [2.24, 2.45) is 0 Å². The summed E-state index contributed by atoms with van der Waals surface area (Å²) in [6.07, 6.45) is 0. The van der Waals surface area contributed by atoms with E-state index in [1.807, 2.05) is 0 Å². The summed E-state index contributed by atoms with van der Waals surface area (Å²) in [6.45, 7) is -3.01. The van der Waals surface area contributed by atoms with Gasteiger partial charge in [0.2, 0.25) is 0 Å². The van der Waals surface area contributed by atoms with Gasteiger partial charge in [0.05, 0.1) is 14.5 Å². The van der Waals surface area contributed by atoms with E-state index in [4.69, 9.17) is 11.6 Å². The average molecular weight is 419 g/mol. The number of sulfonamides is 1. The van der Waals surface area contributed by atoms with E-state index in [0.717, 1.165) is 17.4 Å². The molecule has 0 bridgehead atoms. The summed E-state index contributed by atoms with van der Waals surface area (Å²) < 4.78 is 55.6. The van der Waals surface area contributed by atoms with Crippen LogP contribution in [0.25, 0.3) is 0 Å². The van der Waals surface area contributed by atoms with E-state index in [0.29, 0.717) is 3.79 Å². The minimum absolute atomic E-state index is 0.110. The third-order valence-corrected chi connectivity index (χ3v) is 6.01. The Morgan fingerprint density at radius 2 is 2.00 bits per heavy atom. The number of rotatable bonds is 5. The number of nitrogens with one attached hydrogen (secondary N) is 1. The third kappa shape index (κ3) is 4.29. The summed E-state index contributed by atoms with van der Waals surface area (Å²) >= 11 is 9.97. The van der Waals surface area contributed by atoms with Crippen LogP contribution in [0.2, 0.25) is 5.02 Å². The van der Waals surface area contributed by atoms with Gasteiger partial charge < -0.3 is 4.74 Å². The standard InChI is InChI=1S/C11H7BrClF2NO3S2/c12-9-3-4-10(20-9)21(17,18)16-6-1-2-8(7(13)5-6)19-11(14)15/h1-5,11,16H. The highest BCUT2D eigenvalue weighted by molar-refractivity contribution is 9.11. The molecule has 4 nitrogen and oxygen atoms in total. The Morgan fingerprint density at radius 1 is 1.29 bits per heavy atom. The quantitative estimate of drug-likeness (QED) is 0.774. The topological polar surface area (TPSA) is 55.4 Å². The van der Waals surface area contributed by atoms with Gasteiger partial charge in [-0.3, -0.25) is 4.72 Å². The molecule has 0 aliphatic heterocycles. The molecule has 1 aromatic carbocycles. The van der Waals surface area contributed by atoms with Crippen molar-refractivity contribution in [3.05, 3.63) is 39.1 Å². The molecule has 10 heteroatoms. The molecule has 0 amide bonds. The molecule has 0 unspecified atom stereocenters. The van der Waals surface area contributed by atoms with Crippen molar-refractivity contribution in [3.63, 3.8) is 0 Å². The highest BCUT2D eigenvalue weighted by Crippen LogP contribution is 2.31. The second-order valence-corrected chi connectivity index (χ2v) is 8.47. The summed E-state index contributed by atoms with van der Waals surface area (Å²) in [5, 5.41) is -0.122. The van der Waals surface area contributed by atoms with E-state index in [2.05, 4.69) is 25.4 Å². The van der Waals surface area contributed by atoms with Gasteiger partial charge >= 0.3 is 6.61 Å². The van der Waals surface area contributed by atoms with E-state index < -0.39 is 16.6 Å². The number of hydrogen-bond acceptors (Lipinski definition) is 4. The summed E-state index contributed by atoms with van der Waals surface area (Å²) in [4.78, 5) is 0. The van der Waals surface area contributed by atoms with E-state index >= 15 is 0 Å². The van der Waals surface area contributed by atoms with Gasteiger partial charge in [0.15, 0.2) is 0 Å². The SMILES string of the molecule is O=S(=O)(Nc1ccc(OC(F)F)c(Cl)c1)c1ccc(Br)s1. The van der Waals surface area contributed by atoms with Crippen LogP contribution in [0.4, 0.5) is 14.5 Å². The molecule has 1 aromatic heterocycles. The monoisotopic (exact) mass is 417 g/mol. The van der Waals surface area contributed by atoms with Crippen LogP contribution in [0.15, 0.2) is 38.3 Å². The van der Waals surface area contributed by atoms with E-state index in [1.165, 1.54) is 18.2 Å². The van der Waals surface area contributed by atoms with Gasteiger partial charge in [0.1, 0.15) is 9.96 Å². The van der Waals surface area contributed by atoms with Crippen LogP contribution < -0.4 is 9.46 Å². The number of anilines is 1. The first-order valence-electron chi connectivity index (χ1n) is 5.30. The minimum Gasteiger partial charge on any atom is -0.433 e. The molecule has 0 radical (unpaired) electrons. The molecule has 0 atom stereocenters. The van der Waals surface area contributed by atoms with E-state index in [-0.39, 0.29) is 20.7 Å². The average Bonchev–Trinajstić information content (AvgIpc) is 2.79. The molecule has 1 heterocycles. The maximum absolute atomic E-state index is 12.1. The van der Waals surface area contributed by atoms with Gasteiger partial charge in [-0.15, -0.1) is 11.3 Å². The number of ether oxygens (including phenoxy) is 1. The first kappa shape index (κ1) is 16.5. The second-order valence-electron chi connectivity index (χ2n) is 3.69. The van der Waals surface area contributed by atoms with Gasteiger partial charge in [-0.25, -0.2) is 8.42 Å². The number of alkyl halides is 2. The molecule has 114 valence electrons. The molecule has 2 aromatic rings. The Balaban J connectivity index is 2.22. The fourth-order valence-corrected chi connectivity index (χ4v) is 4.69. The molecule has 21 heavy (non-hydrogen) atoms. The lowest BCUT2D eigenvalue weighted by atomic mass is 10.3. The van der Waals surface area contributed by atoms with Crippen LogP contribution in [-0.2, 0) is 10.0 Å². The van der Waals surface area contributed by atoms with Crippen LogP contribution in [0.1, 0.15) is 0 Å². The number of benzene rings is 1. The van der Waals surface area contributed by atoms with Crippen LogP contribution in [0.5, 0.6) is 5.75 Å². The van der Waals surface area contributed by atoms with Crippen LogP contribution in [0, 0.1) is 0 Å². The molecule has 2 rings (SSSR count). The van der Waals surface area contributed by atoms with Gasteiger partial charge in [0.25, 0.3) is 10.0 Å². The molecular formula is C11H7BrClF2NO3S2. The first-order valence-corrected chi connectivity index (χ1v) is 8.77. The Hall–Kier alpha value is -0.900. The Bertz CT molecular complexity index is 752. The zero-order valence-electron chi connectivity index (χ0n) is 10.0. The zero-order valence-corrected chi connectivity index (χ0v) is 14.0. The first-order chi connectivity index (χ1) is 9.78. The largest absolute Gasteiger partial charge is 0.433 e. The van der Waals surface area contributed by atoms with Crippen LogP contribution >= 0.6 is 38.9 Å². The van der Waals surface area contributed by atoms with Gasteiger partial charge in [-0.05, 0) is 46.3 Å². The third-order valence-electron chi connectivity index (χ3n) is 2.21. The molecule has 0 saturated heterocycles. The van der Waals surface area contributed by atoms with Gasteiger partial charge in [0, 0.05) is 0 Å². The highest BCUT2D eigenvalue weighted by atomic mass is 79.9. The van der Waals surface area contributed by atoms with E-state index in [1.54, 1.807) is 6.07 Å². The number of halogens is 4. The van der Waals surface area contributed by atoms with Crippen LogP contribution in [0.3, 0.4) is 0 Å². The maximum Gasteiger partial charge on any atom is 0.387 e. The van der Waals surface area contributed by atoms with Crippen molar-refractivity contribution >= 4 is 54.6 Å². The fraction of sp³-hybridized carbons (Fsp3) is 0.0909. The maximum atomic E-state index is 12.1. The summed E-state index contributed by atoms with van der Waals surface area (Å²) in [6, 6.07) is 6.68. The molecule has 0 fully saturated rings. The zero-order chi connectivity index (χ0) is 15.6. The van der Waals surface area contributed by atoms with Crippen molar-refractivity contribution < 1.29 is 21.9 Å². The summed E-state index contributed by atoms with van der Waals surface area (Å²) in [5.74, 6) is -0.228. The molecule has 0 aliphatic rings. The van der Waals surface area contributed by atoms with E-state index in [9.17, 15) is 17.2 Å². The molecule has 0 aliphatic carbocycles. The summed E-state index contributed by atoms with van der Waals surface area (Å²) in [5.41, 5.74) is 0.145. The van der Waals surface area contributed by atoms with Crippen molar-refractivity contribution in [2.75, 3.05) is 4.72 Å². The lowest BCUT2D eigenvalue weighted by molar-refractivity contribution is -0.0497. The number of thiophene rings is 1. The Kier molecular flexibility index (Phi) is 5.07. The predicted molar refractivity (Wildman–Crippen MR) is 80.9 cm³/mol. The molecular weight excluding hydrogens is 412 g/mol. The van der Waals surface area contributed by atoms with Crippen molar-refractivity contribution in [3.8, 4) is 5.75 Å². The second kappa shape index (κ2) is 6.47. The molecule has 1 N–H and O–H groups in total. The number of hydrogen-bond donors (Lipinski definition) is 1. The lowest BCUT2D eigenvalue weighted by Gasteiger charge is -2.10. The Labute approximate surface area is 136 Å². The molecule has 0 spiro atoms. The highest BCUT2D eigenvalue weighted by Gasteiger charge is 2.17. The van der Waals surface area contributed by atoms with Gasteiger partial charge in [-0.1, -0.05) is 11.6 Å². The fourth-order valence-electron chi connectivity index (χ4n) is 1.40. The van der Waals surface area contributed by atoms with Crippen molar-refractivity contribution in [2.45, 2.75) is 10.8 Å². The summed E-state index contributed by atoms with van der Waals surface area (Å²) in [7, 11) is -3.75. The van der Waals surface area contributed by atoms with Crippen LogP contribution in [-0.4, -0.2) is 15.0 Å². The lowest BCUT2D eigenvalue weighted by Crippen LogP contribution is -2.11. The minimum atomic E-state index is -3.75. The Morgan fingerprint density at radius 3 is 2.52 bits per heavy atom. The van der Waals surface area contributed by atoms with Crippen molar-refractivity contribution in [1.82, 2.24) is 0 Å². The van der Waals surface area contributed by atoms with Gasteiger partial charge in [-0.2, -0.15) is 8.78 Å².